The third kappa shape index (κ3) is 8.44. The van der Waals surface area contributed by atoms with Crippen LogP contribution in [0.1, 0.15) is 43.4 Å². The van der Waals surface area contributed by atoms with E-state index >= 15 is 0 Å². The third-order valence-electron chi connectivity index (χ3n) is 5.36. The van der Waals surface area contributed by atoms with Gasteiger partial charge in [0.2, 0.25) is 0 Å². The molecule has 162 valence electrons. The van der Waals surface area contributed by atoms with Gasteiger partial charge in [-0.15, -0.1) is 11.3 Å². The number of aliphatic hydroxyl groups excluding tert-OH is 4. The highest BCUT2D eigenvalue weighted by atomic mass is 79.9. The smallest absolute Gasteiger partial charge is 0.158 e. The van der Waals surface area contributed by atoms with Crippen molar-refractivity contribution in [1.29, 1.82) is 0 Å². The number of aryl methyl sites for hydroxylation is 1. The van der Waals surface area contributed by atoms with Crippen LogP contribution in [0.4, 0.5) is 0 Å². The van der Waals surface area contributed by atoms with Crippen molar-refractivity contribution in [1.82, 2.24) is 0 Å². The summed E-state index contributed by atoms with van der Waals surface area (Å²) in [5, 5.41) is 39.6. The fraction of sp³-hybridized carbons (Fsp3) is 0.591. The lowest BCUT2D eigenvalue weighted by atomic mass is 9.89. The molecule has 1 heterocycles. The van der Waals surface area contributed by atoms with Crippen LogP contribution in [0.2, 0.25) is 0 Å². The topological polar surface area (TPSA) is 98.0 Å². The molecule has 1 saturated carbocycles. The highest BCUT2D eigenvalue weighted by molar-refractivity contribution is 9.11. The van der Waals surface area contributed by atoms with E-state index in [1.54, 1.807) is 17.4 Å². The SMILES string of the molecule is O=C(CO)CCCC=CC[C@@H]1[C@@H](C=CC(O)CCc2ccc(Br)s2)[C@H](O)C[C@@H]1O. The highest BCUT2D eigenvalue weighted by Crippen LogP contribution is 2.36. The Morgan fingerprint density at radius 2 is 2.07 bits per heavy atom. The highest BCUT2D eigenvalue weighted by Gasteiger charge is 2.39. The lowest BCUT2D eigenvalue weighted by Gasteiger charge is -2.19. The molecular weight excluding hydrogens is 456 g/mol. The zero-order valence-electron chi connectivity index (χ0n) is 16.5. The summed E-state index contributed by atoms with van der Waals surface area (Å²) in [7, 11) is 0. The molecule has 0 radical (unpaired) electrons. The largest absolute Gasteiger partial charge is 0.393 e. The second-order valence-corrected chi connectivity index (χ2v) is 10.2. The molecule has 1 aliphatic carbocycles. The van der Waals surface area contributed by atoms with Gasteiger partial charge >= 0.3 is 0 Å². The van der Waals surface area contributed by atoms with E-state index in [9.17, 15) is 20.1 Å². The zero-order chi connectivity index (χ0) is 21.2. The molecule has 0 bridgehead atoms. The first kappa shape index (κ1) is 24.4. The molecule has 5 atom stereocenters. The maximum absolute atomic E-state index is 11.1. The number of Topliss-reactive ketones (excluding diaryl/α,β-unsaturated/α-hetero) is 1. The number of ketones is 1. The maximum Gasteiger partial charge on any atom is 0.158 e. The van der Waals surface area contributed by atoms with Crippen molar-refractivity contribution in [3.8, 4) is 0 Å². The fourth-order valence-electron chi connectivity index (χ4n) is 3.70. The van der Waals surface area contributed by atoms with Crippen LogP contribution in [0, 0.1) is 11.8 Å². The van der Waals surface area contributed by atoms with E-state index in [0.29, 0.717) is 32.1 Å². The second-order valence-electron chi connectivity index (χ2n) is 7.60. The van der Waals surface area contributed by atoms with E-state index in [0.717, 1.165) is 16.6 Å². The average Bonchev–Trinajstić information content (AvgIpc) is 3.23. The Bertz CT molecular complexity index is 686. The predicted molar refractivity (Wildman–Crippen MR) is 119 cm³/mol. The van der Waals surface area contributed by atoms with Crippen LogP contribution >= 0.6 is 27.3 Å². The minimum absolute atomic E-state index is 0.0861. The van der Waals surface area contributed by atoms with Gasteiger partial charge in [-0.2, -0.15) is 0 Å². The first-order valence-corrected chi connectivity index (χ1v) is 11.8. The predicted octanol–water partition coefficient (Wildman–Crippen LogP) is 3.40. The molecule has 0 aliphatic heterocycles. The van der Waals surface area contributed by atoms with Gasteiger partial charge in [-0.05, 0) is 66.1 Å². The molecule has 1 unspecified atom stereocenters. The summed E-state index contributed by atoms with van der Waals surface area (Å²) in [6, 6.07) is 4.05. The zero-order valence-corrected chi connectivity index (χ0v) is 18.9. The molecular formula is C22H31BrO5S. The van der Waals surface area contributed by atoms with Crippen LogP contribution < -0.4 is 0 Å². The molecule has 0 aromatic carbocycles. The number of hydrogen-bond donors (Lipinski definition) is 4. The Balaban J connectivity index is 1.80. The summed E-state index contributed by atoms with van der Waals surface area (Å²) in [5.41, 5.74) is 0. The van der Waals surface area contributed by atoms with E-state index in [1.165, 1.54) is 4.88 Å². The maximum atomic E-state index is 11.1. The summed E-state index contributed by atoms with van der Waals surface area (Å²) < 4.78 is 1.08. The third-order valence-corrected chi connectivity index (χ3v) is 7.05. The van der Waals surface area contributed by atoms with Crippen LogP contribution in [-0.4, -0.2) is 51.1 Å². The number of aliphatic hydroxyl groups is 4. The van der Waals surface area contributed by atoms with E-state index < -0.39 is 24.9 Å². The molecule has 4 N–H and O–H groups in total. The quantitative estimate of drug-likeness (QED) is 0.268. The number of carbonyl (C=O) groups excluding carboxylic acids is 1. The molecule has 5 nitrogen and oxygen atoms in total. The first-order chi connectivity index (χ1) is 13.9. The number of thiophene rings is 1. The minimum atomic E-state index is -0.609. The lowest BCUT2D eigenvalue weighted by Crippen LogP contribution is -2.20. The number of rotatable bonds is 12. The van der Waals surface area contributed by atoms with Gasteiger partial charge in [-0.3, -0.25) is 4.79 Å². The Kier molecular flexibility index (Phi) is 10.8. The molecule has 0 amide bonds. The van der Waals surface area contributed by atoms with Gasteiger partial charge in [-0.1, -0.05) is 24.3 Å². The van der Waals surface area contributed by atoms with Gasteiger partial charge < -0.3 is 20.4 Å². The Hall–Kier alpha value is -0.830. The molecule has 1 fully saturated rings. The monoisotopic (exact) mass is 486 g/mol. The number of halogens is 1. The van der Waals surface area contributed by atoms with Gasteiger partial charge in [0.15, 0.2) is 5.78 Å². The van der Waals surface area contributed by atoms with E-state index in [1.807, 2.05) is 30.4 Å². The summed E-state index contributed by atoms with van der Waals surface area (Å²) >= 11 is 5.10. The molecule has 1 aromatic rings. The van der Waals surface area contributed by atoms with Crippen LogP contribution in [0.5, 0.6) is 0 Å². The molecule has 1 aliphatic rings. The van der Waals surface area contributed by atoms with Crippen molar-refractivity contribution < 1.29 is 25.2 Å². The van der Waals surface area contributed by atoms with Gasteiger partial charge in [0.05, 0.1) is 22.1 Å². The Morgan fingerprint density at radius 1 is 1.28 bits per heavy atom. The van der Waals surface area contributed by atoms with E-state index in [4.69, 9.17) is 5.11 Å². The molecule has 0 spiro atoms. The first-order valence-electron chi connectivity index (χ1n) is 10.1. The van der Waals surface area contributed by atoms with Crippen molar-refractivity contribution in [2.45, 2.75) is 63.3 Å². The molecule has 7 heteroatoms. The van der Waals surface area contributed by atoms with Gasteiger partial charge in [-0.25, -0.2) is 0 Å². The van der Waals surface area contributed by atoms with Crippen molar-refractivity contribution in [3.05, 3.63) is 45.1 Å². The summed E-state index contributed by atoms with van der Waals surface area (Å²) in [6.45, 7) is -0.402. The number of carbonyl (C=O) groups is 1. The summed E-state index contributed by atoms with van der Waals surface area (Å²) in [6.07, 6.45) is 10.0. The minimum Gasteiger partial charge on any atom is -0.393 e. The summed E-state index contributed by atoms with van der Waals surface area (Å²) in [4.78, 5) is 12.3. The number of allylic oxidation sites excluding steroid dienone is 2. The molecule has 29 heavy (non-hydrogen) atoms. The van der Waals surface area contributed by atoms with Crippen molar-refractivity contribution in [2.24, 2.45) is 11.8 Å². The van der Waals surface area contributed by atoms with Gasteiger partial charge in [0, 0.05) is 23.6 Å². The van der Waals surface area contributed by atoms with E-state index in [-0.39, 0.29) is 17.6 Å². The van der Waals surface area contributed by atoms with Crippen LogP contribution in [0.3, 0.4) is 0 Å². The number of unbranched alkanes of at least 4 members (excludes halogenated alkanes) is 1. The molecule has 2 rings (SSSR count). The van der Waals surface area contributed by atoms with Gasteiger partial charge in [0.25, 0.3) is 0 Å². The van der Waals surface area contributed by atoms with Crippen molar-refractivity contribution in [3.63, 3.8) is 0 Å². The second kappa shape index (κ2) is 12.8. The molecule has 1 aromatic heterocycles. The summed E-state index contributed by atoms with van der Waals surface area (Å²) in [5.74, 6) is -0.420. The van der Waals surface area contributed by atoms with Crippen molar-refractivity contribution in [2.75, 3.05) is 6.61 Å². The Labute approximate surface area is 184 Å². The van der Waals surface area contributed by atoms with E-state index in [2.05, 4.69) is 15.9 Å². The number of hydrogen-bond acceptors (Lipinski definition) is 6. The Morgan fingerprint density at radius 3 is 2.76 bits per heavy atom. The standard InChI is InChI=1S/C22H31BrO5S/c23-22-12-10-17(29-22)9-7-15(25)8-11-19-18(20(27)13-21(19)28)6-4-2-1-3-5-16(26)14-24/h2,4,8,10-12,15,18-21,24-25,27-28H,1,3,5-7,9,13-14H2/t15?,18-,19-,20+,21-/m1/s1. The normalized spacial score (nSPS) is 26.0. The average molecular weight is 487 g/mol. The fourth-order valence-corrected chi connectivity index (χ4v) is 5.20. The lowest BCUT2D eigenvalue weighted by molar-refractivity contribution is -0.121. The van der Waals surface area contributed by atoms with Crippen LogP contribution in [0.15, 0.2) is 40.2 Å². The van der Waals surface area contributed by atoms with Crippen LogP contribution in [-0.2, 0) is 11.2 Å². The van der Waals surface area contributed by atoms with Crippen LogP contribution in [0.25, 0.3) is 0 Å². The molecule has 0 saturated heterocycles. The van der Waals surface area contributed by atoms with Crippen molar-refractivity contribution >= 4 is 33.0 Å². The van der Waals surface area contributed by atoms with Gasteiger partial charge in [0.1, 0.15) is 6.61 Å².